The number of piperidine rings is 2. The molecule has 0 spiro atoms. The van der Waals surface area contributed by atoms with E-state index in [9.17, 15) is 14.4 Å². The lowest BCUT2D eigenvalue weighted by atomic mass is 9.91. The first-order valence-corrected chi connectivity index (χ1v) is 17.1. The molecule has 0 bridgehead atoms. The van der Waals surface area contributed by atoms with Crippen LogP contribution in [0.4, 0.5) is 4.79 Å². The Labute approximate surface area is 284 Å². The fourth-order valence-electron chi connectivity index (χ4n) is 6.46. The number of hydrogen-bond acceptors (Lipinski definition) is 7. The highest BCUT2D eigenvalue weighted by atomic mass is 16.6. The van der Waals surface area contributed by atoms with Crippen molar-refractivity contribution >= 4 is 34.9 Å². The van der Waals surface area contributed by atoms with Gasteiger partial charge in [-0.2, -0.15) is 5.10 Å². The molecule has 2 aliphatic rings. The van der Waals surface area contributed by atoms with E-state index in [0.717, 1.165) is 66.5 Å². The lowest BCUT2D eigenvalue weighted by Crippen LogP contribution is -2.41. The average molecular weight is 658 g/mol. The summed E-state index contributed by atoms with van der Waals surface area (Å²) in [5.74, 6) is 0.0254. The Morgan fingerprint density at radius 1 is 0.875 bits per heavy atom. The first-order valence-electron chi connectivity index (χ1n) is 17.1. The van der Waals surface area contributed by atoms with Crippen LogP contribution in [-0.4, -0.2) is 81.5 Å². The smallest absolute Gasteiger partial charge is 0.410 e. The predicted octanol–water partition coefficient (Wildman–Crippen LogP) is 6.36. The first kappa shape index (κ1) is 35.1. The van der Waals surface area contributed by atoms with Gasteiger partial charge in [-0.15, -0.1) is 0 Å². The number of esters is 1. The van der Waals surface area contributed by atoms with E-state index in [1.54, 1.807) is 17.0 Å². The number of benzene rings is 2. The highest BCUT2D eigenvalue weighted by Gasteiger charge is 2.28. The molecule has 10 heteroatoms. The Morgan fingerprint density at radius 3 is 2.12 bits per heavy atom. The molecule has 2 aliphatic heterocycles. The Bertz CT molecular complexity index is 1630. The number of nitrogens with zero attached hydrogens (tertiary/aromatic N) is 4. The van der Waals surface area contributed by atoms with Gasteiger partial charge >= 0.3 is 12.1 Å². The van der Waals surface area contributed by atoms with Crippen molar-refractivity contribution < 1.29 is 23.9 Å². The van der Waals surface area contributed by atoms with E-state index < -0.39 is 17.1 Å². The van der Waals surface area contributed by atoms with Crippen LogP contribution in [0.15, 0.2) is 48.5 Å². The second-order valence-corrected chi connectivity index (χ2v) is 15.2. The molecule has 1 aromatic heterocycles. The number of amides is 2. The van der Waals surface area contributed by atoms with Crippen LogP contribution in [0.3, 0.4) is 0 Å². The fourth-order valence-corrected chi connectivity index (χ4v) is 6.46. The van der Waals surface area contributed by atoms with E-state index in [1.807, 2.05) is 53.7 Å². The van der Waals surface area contributed by atoms with Crippen LogP contribution >= 0.6 is 0 Å². The number of primary amides is 1. The molecule has 2 saturated heterocycles. The third-order valence-electron chi connectivity index (χ3n) is 8.87. The van der Waals surface area contributed by atoms with E-state index in [4.69, 9.17) is 20.3 Å². The maximum Gasteiger partial charge on any atom is 0.410 e. The number of carbonyl (C=O) groups excluding carboxylic acids is 3. The van der Waals surface area contributed by atoms with Crippen molar-refractivity contribution in [3.8, 4) is 0 Å². The number of allylic oxidation sites excluding steroid dienone is 1. The van der Waals surface area contributed by atoms with Gasteiger partial charge in [0.05, 0.1) is 24.3 Å². The van der Waals surface area contributed by atoms with Gasteiger partial charge in [0.25, 0.3) is 0 Å². The third-order valence-corrected chi connectivity index (χ3v) is 8.87. The number of carbonyl (C=O) groups is 3. The lowest BCUT2D eigenvalue weighted by Gasteiger charge is -2.32. The highest BCUT2D eigenvalue weighted by Crippen LogP contribution is 2.34. The molecular weight excluding hydrogens is 606 g/mol. The van der Waals surface area contributed by atoms with Crippen molar-refractivity contribution in [1.82, 2.24) is 19.6 Å². The van der Waals surface area contributed by atoms with Crippen LogP contribution in [0.25, 0.3) is 17.0 Å². The molecule has 5 rings (SSSR count). The normalized spacial score (nSPS) is 17.2. The minimum atomic E-state index is -0.495. The Hall–Kier alpha value is -4.18. The summed E-state index contributed by atoms with van der Waals surface area (Å²) in [7, 11) is 0. The molecule has 0 saturated carbocycles. The topological polar surface area (TPSA) is 120 Å². The zero-order valence-electron chi connectivity index (χ0n) is 29.3. The maximum atomic E-state index is 12.5. The number of ether oxygens (including phenoxy) is 2. The summed E-state index contributed by atoms with van der Waals surface area (Å²) >= 11 is 0. The van der Waals surface area contributed by atoms with Gasteiger partial charge in [0, 0.05) is 30.0 Å². The van der Waals surface area contributed by atoms with Gasteiger partial charge in [-0.3, -0.25) is 19.2 Å². The second-order valence-electron chi connectivity index (χ2n) is 15.2. The van der Waals surface area contributed by atoms with Gasteiger partial charge in [-0.05, 0) is 116 Å². The summed E-state index contributed by atoms with van der Waals surface area (Å²) in [6.07, 6.45) is 7.82. The molecule has 2 N–H and O–H groups in total. The summed E-state index contributed by atoms with van der Waals surface area (Å²) in [6, 6.07) is 13.9. The Balaban J connectivity index is 1.32. The van der Waals surface area contributed by atoms with Crippen molar-refractivity contribution in [3.63, 3.8) is 0 Å². The van der Waals surface area contributed by atoms with E-state index in [0.29, 0.717) is 37.7 Å². The molecule has 10 nitrogen and oxygen atoms in total. The number of likely N-dealkylation sites (tertiary alicyclic amines) is 2. The van der Waals surface area contributed by atoms with E-state index in [-0.39, 0.29) is 18.0 Å². The van der Waals surface area contributed by atoms with E-state index in [2.05, 4.69) is 39.9 Å². The molecule has 258 valence electrons. The number of nitrogens with two attached hydrogens (primary N) is 1. The minimum absolute atomic E-state index is 0.188. The molecule has 2 fully saturated rings. The molecule has 48 heavy (non-hydrogen) atoms. The van der Waals surface area contributed by atoms with Crippen molar-refractivity contribution in [2.24, 2.45) is 11.7 Å². The molecule has 2 aromatic carbocycles. The number of fused-ring (bicyclic) bond motifs is 1. The summed E-state index contributed by atoms with van der Waals surface area (Å²) in [6.45, 7) is 15.2. The monoisotopic (exact) mass is 657 g/mol. The van der Waals surface area contributed by atoms with Crippen LogP contribution in [0.1, 0.15) is 100 Å². The molecule has 3 aromatic rings. The van der Waals surface area contributed by atoms with Crippen LogP contribution in [0, 0.1) is 5.92 Å². The quantitative estimate of drug-likeness (QED) is 0.280. The minimum Gasteiger partial charge on any atom is -0.459 e. The predicted molar refractivity (Wildman–Crippen MR) is 188 cm³/mol. The van der Waals surface area contributed by atoms with E-state index >= 15 is 0 Å². The fraction of sp³-hybridized carbons (Fsp3) is 0.526. The molecule has 3 heterocycles. The van der Waals surface area contributed by atoms with Crippen molar-refractivity contribution in [2.75, 3.05) is 32.7 Å². The number of hydrogen-bond donors (Lipinski definition) is 1. The largest absolute Gasteiger partial charge is 0.459 e. The van der Waals surface area contributed by atoms with Crippen molar-refractivity contribution in [1.29, 1.82) is 0 Å². The highest BCUT2D eigenvalue weighted by molar-refractivity contribution is 5.92. The van der Waals surface area contributed by atoms with Gasteiger partial charge in [-0.25, -0.2) is 4.79 Å². The van der Waals surface area contributed by atoms with Crippen molar-refractivity contribution in [3.05, 3.63) is 70.9 Å². The zero-order chi connectivity index (χ0) is 34.6. The molecule has 0 radical (unpaired) electrons. The zero-order valence-corrected chi connectivity index (χ0v) is 29.3. The van der Waals surface area contributed by atoms with Gasteiger partial charge in [0.1, 0.15) is 11.2 Å². The number of aromatic nitrogens is 2. The summed E-state index contributed by atoms with van der Waals surface area (Å²) in [5, 5.41) is 6.32. The molecule has 0 atom stereocenters. The molecule has 0 unspecified atom stereocenters. The second kappa shape index (κ2) is 14.5. The van der Waals surface area contributed by atoms with Crippen molar-refractivity contribution in [2.45, 2.75) is 90.9 Å². The van der Waals surface area contributed by atoms with Gasteiger partial charge in [0.2, 0.25) is 5.91 Å². The molecule has 0 aliphatic carbocycles. The van der Waals surface area contributed by atoms with E-state index in [1.165, 1.54) is 0 Å². The Kier molecular flexibility index (Phi) is 10.6. The van der Waals surface area contributed by atoms with Crippen LogP contribution in [0.5, 0.6) is 0 Å². The molecule has 2 amide bonds. The van der Waals surface area contributed by atoms with Crippen LogP contribution in [-0.2, 0) is 20.8 Å². The first-order chi connectivity index (χ1) is 22.6. The van der Waals surface area contributed by atoms with Gasteiger partial charge in [-0.1, -0.05) is 36.4 Å². The summed E-state index contributed by atoms with van der Waals surface area (Å²) < 4.78 is 13.2. The summed E-state index contributed by atoms with van der Waals surface area (Å²) in [4.78, 5) is 40.5. The lowest BCUT2D eigenvalue weighted by molar-refractivity contribution is -0.156. The third kappa shape index (κ3) is 9.46. The standard InChI is InChI=1S/C38H51N5O5/c1-37(2,3)47-33(44)25-41-19-17-29(18-20-41)34-31-14-11-27(8-7-26-15-21-42(22-16-26)36(46)48-38(4,5)6)23-32(31)43(40-34)24-28-9-12-30(13-10-28)35(39)45/h7-14,23,26,29H,15-22,24-25H2,1-6H3,(H2,39,45). The maximum absolute atomic E-state index is 12.5. The van der Waals surface area contributed by atoms with Gasteiger partial charge < -0.3 is 20.1 Å². The molecular formula is C38H51N5O5. The van der Waals surface area contributed by atoms with Crippen LogP contribution < -0.4 is 5.73 Å². The van der Waals surface area contributed by atoms with Gasteiger partial charge in [0.15, 0.2) is 0 Å². The SMILES string of the molecule is CC(C)(C)OC(=O)CN1CCC(c2nn(Cc3ccc(C(N)=O)cc3)c3cc(C=CC4CCN(C(=O)OC(C)(C)C)CC4)ccc23)CC1. The number of rotatable bonds is 8. The van der Waals surface area contributed by atoms with Crippen LogP contribution in [0.2, 0.25) is 0 Å². The average Bonchev–Trinajstić information content (AvgIpc) is 3.36. The Morgan fingerprint density at radius 2 is 1.52 bits per heavy atom. The summed E-state index contributed by atoms with van der Waals surface area (Å²) in [5.41, 5.74) is 9.23.